The van der Waals surface area contributed by atoms with Crippen molar-refractivity contribution in [3.8, 4) is 0 Å². The molecule has 2 unspecified atom stereocenters. The van der Waals surface area contributed by atoms with Gasteiger partial charge in [-0.15, -0.1) is 0 Å². The number of carbonyl (C=O) groups is 1. The standard InChI is InChI=1S/C14H22N2O4S/c1-10(15-11(2)14(17)20-5)12-6-8-13(9-7-12)21(18,19)16(3)4/h6-11,15H,1-5H3. The van der Waals surface area contributed by atoms with Crippen LogP contribution in [0.15, 0.2) is 29.2 Å². The molecule has 0 saturated heterocycles. The Morgan fingerprint density at radius 3 is 2.14 bits per heavy atom. The van der Waals surface area contributed by atoms with Crippen molar-refractivity contribution in [1.29, 1.82) is 0 Å². The van der Waals surface area contributed by atoms with Gasteiger partial charge in [0.25, 0.3) is 0 Å². The summed E-state index contributed by atoms with van der Waals surface area (Å²) in [7, 11) is 0.901. The second-order valence-corrected chi connectivity index (χ2v) is 7.14. The maximum Gasteiger partial charge on any atom is 0.322 e. The molecule has 7 heteroatoms. The van der Waals surface area contributed by atoms with Crippen molar-refractivity contribution in [2.75, 3.05) is 21.2 Å². The van der Waals surface area contributed by atoms with Gasteiger partial charge in [-0.1, -0.05) is 12.1 Å². The predicted molar refractivity (Wildman–Crippen MR) is 80.3 cm³/mol. The molecule has 0 aliphatic rings. The highest BCUT2D eigenvalue weighted by Crippen LogP contribution is 2.18. The van der Waals surface area contributed by atoms with E-state index >= 15 is 0 Å². The summed E-state index contributed by atoms with van der Waals surface area (Å²) in [6, 6.07) is 6.05. The molecule has 0 spiro atoms. The first-order valence-corrected chi connectivity index (χ1v) is 8.00. The number of hydrogen-bond acceptors (Lipinski definition) is 5. The lowest BCUT2D eigenvalue weighted by Gasteiger charge is -2.19. The summed E-state index contributed by atoms with van der Waals surface area (Å²) in [5.74, 6) is -0.339. The van der Waals surface area contributed by atoms with Crippen molar-refractivity contribution in [2.45, 2.75) is 30.8 Å². The third-order valence-corrected chi connectivity index (χ3v) is 5.04. The van der Waals surface area contributed by atoms with Gasteiger partial charge >= 0.3 is 5.97 Å². The largest absolute Gasteiger partial charge is 0.468 e. The molecule has 21 heavy (non-hydrogen) atoms. The van der Waals surface area contributed by atoms with Gasteiger partial charge in [-0.05, 0) is 31.5 Å². The molecule has 0 amide bonds. The molecule has 1 aromatic carbocycles. The first-order valence-electron chi connectivity index (χ1n) is 6.56. The van der Waals surface area contributed by atoms with E-state index in [0.29, 0.717) is 0 Å². The third-order valence-electron chi connectivity index (χ3n) is 3.21. The Hall–Kier alpha value is -1.44. The molecule has 2 atom stereocenters. The van der Waals surface area contributed by atoms with E-state index in [9.17, 15) is 13.2 Å². The SMILES string of the molecule is COC(=O)C(C)NC(C)c1ccc(S(=O)(=O)N(C)C)cc1. The van der Waals surface area contributed by atoms with E-state index in [-0.39, 0.29) is 16.9 Å². The van der Waals surface area contributed by atoms with Gasteiger partial charge in [0.2, 0.25) is 10.0 Å². The Morgan fingerprint density at radius 2 is 1.71 bits per heavy atom. The average molecular weight is 314 g/mol. The van der Waals surface area contributed by atoms with Crippen molar-refractivity contribution in [2.24, 2.45) is 0 Å². The number of hydrogen-bond donors (Lipinski definition) is 1. The van der Waals surface area contributed by atoms with Gasteiger partial charge in [-0.25, -0.2) is 12.7 Å². The van der Waals surface area contributed by atoms with Crippen LogP contribution in [0.25, 0.3) is 0 Å². The van der Waals surface area contributed by atoms with Gasteiger partial charge in [0.15, 0.2) is 0 Å². The van der Waals surface area contributed by atoms with Crippen LogP contribution in [0, 0.1) is 0 Å². The second-order valence-electron chi connectivity index (χ2n) is 4.99. The Morgan fingerprint density at radius 1 is 1.19 bits per heavy atom. The van der Waals surface area contributed by atoms with Crippen molar-refractivity contribution in [3.05, 3.63) is 29.8 Å². The van der Waals surface area contributed by atoms with E-state index in [1.54, 1.807) is 31.2 Å². The molecular weight excluding hydrogens is 292 g/mol. The summed E-state index contributed by atoms with van der Waals surface area (Å²) in [6.45, 7) is 3.61. The minimum atomic E-state index is -3.42. The number of carbonyl (C=O) groups excluding carboxylic acids is 1. The van der Waals surface area contributed by atoms with E-state index in [1.807, 2.05) is 6.92 Å². The molecular formula is C14H22N2O4S. The van der Waals surface area contributed by atoms with Crippen molar-refractivity contribution in [3.63, 3.8) is 0 Å². The maximum absolute atomic E-state index is 12.0. The van der Waals surface area contributed by atoms with Gasteiger partial charge in [0.1, 0.15) is 6.04 Å². The van der Waals surface area contributed by atoms with E-state index in [2.05, 4.69) is 10.1 Å². The number of nitrogens with one attached hydrogen (secondary N) is 1. The van der Waals surface area contributed by atoms with E-state index < -0.39 is 16.1 Å². The van der Waals surface area contributed by atoms with Gasteiger partial charge in [0.05, 0.1) is 12.0 Å². The van der Waals surface area contributed by atoms with Crippen molar-refractivity contribution in [1.82, 2.24) is 9.62 Å². The Labute approximate surface area is 126 Å². The van der Waals surface area contributed by atoms with Crippen LogP contribution in [0.4, 0.5) is 0 Å². The van der Waals surface area contributed by atoms with Crippen LogP contribution in [-0.2, 0) is 19.6 Å². The molecule has 0 heterocycles. The lowest BCUT2D eigenvalue weighted by molar-refractivity contribution is -0.142. The molecule has 0 aliphatic carbocycles. The van der Waals surface area contributed by atoms with Gasteiger partial charge in [0, 0.05) is 20.1 Å². The molecule has 0 saturated carbocycles. The average Bonchev–Trinajstić information content (AvgIpc) is 2.46. The number of benzene rings is 1. The highest BCUT2D eigenvalue weighted by Gasteiger charge is 2.19. The molecule has 0 bridgehead atoms. The van der Waals surface area contributed by atoms with E-state index in [1.165, 1.54) is 25.5 Å². The van der Waals surface area contributed by atoms with Gasteiger partial charge in [-0.2, -0.15) is 0 Å². The molecule has 1 rings (SSSR count). The summed E-state index contributed by atoms with van der Waals surface area (Å²) in [4.78, 5) is 11.6. The number of rotatable bonds is 6. The monoisotopic (exact) mass is 314 g/mol. The zero-order valence-corrected chi connectivity index (χ0v) is 13.8. The van der Waals surface area contributed by atoms with Crippen LogP contribution in [0.5, 0.6) is 0 Å². The quantitative estimate of drug-likeness (QED) is 0.797. The summed E-state index contributed by atoms with van der Waals surface area (Å²) >= 11 is 0. The number of esters is 1. The lowest BCUT2D eigenvalue weighted by Crippen LogP contribution is -2.36. The summed E-state index contributed by atoms with van der Waals surface area (Å²) in [6.07, 6.45) is 0. The van der Waals surface area contributed by atoms with Crippen LogP contribution in [0.2, 0.25) is 0 Å². The smallest absolute Gasteiger partial charge is 0.322 e. The third kappa shape index (κ3) is 4.26. The predicted octanol–water partition coefficient (Wildman–Crippen LogP) is 1.15. The summed E-state index contributed by atoms with van der Waals surface area (Å²) < 4.78 is 29.8. The summed E-state index contributed by atoms with van der Waals surface area (Å²) in [5.41, 5.74) is 0.892. The maximum atomic E-state index is 12.0. The molecule has 6 nitrogen and oxygen atoms in total. The normalized spacial score (nSPS) is 14.8. The van der Waals surface area contributed by atoms with Crippen LogP contribution in [0.1, 0.15) is 25.5 Å². The van der Waals surface area contributed by atoms with E-state index in [4.69, 9.17) is 0 Å². The fourth-order valence-corrected chi connectivity index (χ4v) is 2.76. The van der Waals surface area contributed by atoms with Crippen molar-refractivity contribution < 1.29 is 17.9 Å². The van der Waals surface area contributed by atoms with Crippen molar-refractivity contribution >= 4 is 16.0 Å². The zero-order chi connectivity index (χ0) is 16.2. The molecule has 0 radical (unpaired) electrons. The number of methoxy groups -OCH3 is 1. The molecule has 0 aromatic heterocycles. The fourth-order valence-electron chi connectivity index (χ4n) is 1.86. The Bertz CT molecular complexity index is 581. The van der Waals surface area contributed by atoms with Crippen LogP contribution >= 0.6 is 0 Å². The minimum absolute atomic E-state index is 0.102. The lowest BCUT2D eigenvalue weighted by atomic mass is 10.1. The number of nitrogens with zero attached hydrogens (tertiary/aromatic N) is 1. The highest BCUT2D eigenvalue weighted by atomic mass is 32.2. The highest BCUT2D eigenvalue weighted by molar-refractivity contribution is 7.89. The first kappa shape index (κ1) is 17.6. The Kier molecular flexibility index (Phi) is 5.88. The number of ether oxygens (including phenoxy) is 1. The summed E-state index contributed by atoms with van der Waals surface area (Å²) in [5, 5.41) is 3.09. The van der Waals surface area contributed by atoms with Gasteiger partial charge < -0.3 is 4.74 Å². The molecule has 0 aliphatic heterocycles. The first-order chi connectivity index (χ1) is 9.70. The molecule has 1 N–H and O–H groups in total. The molecule has 1 aromatic rings. The van der Waals surface area contributed by atoms with Crippen LogP contribution < -0.4 is 5.32 Å². The Balaban J connectivity index is 2.86. The minimum Gasteiger partial charge on any atom is -0.468 e. The van der Waals surface area contributed by atoms with Crippen LogP contribution in [0.3, 0.4) is 0 Å². The zero-order valence-electron chi connectivity index (χ0n) is 13.0. The van der Waals surface area contributed by atoms with Gasteiger partial charge in [-0.3, -0.25) is 10.1 Å². The number of sulfonamides is 1. The topological polar surface area (TPSA) is 75.7 Å². The fraction of sp³-hybridized carbons (Fsp3) is 0.500. The second kappa shape index (κ2) is 7.02. The molecule has 118 valence electrons. The van der Waals surface area contributed by atoms with E-state index in [0.717, 1.165) is 5.56 Å². The molecule has 0 fully saturated rings. The van der Waals surface area contributed by atoms with Crippen LogP contribution in [-0.4, -0.2) is 45.9 Å².